The molecule has 1 aliphatic heterocycles. The van der Waals surface area contributed by atoms with Crippen molar-refractivity contribution < 1.29 is 9.50 Å². The van der Waals surface area contributed by atoms with Gasteiger partial charge in [-0.15, -0.1) is 0 Å². The molecule has 0 amide bonds. The Bertz CT molecular complexity index is 1500. The Morgan fingerprint density at radius 3 is 2.70 bits per heavy atom. The van der Waals surface area contributed by atoms with Gasteiger partial charge in [0.25, 0.3) is 0 Å². The Morgan fingerprint density at radius 2 is 1.97 bits per heavy atom. The lowest BCUT2D eigenvalue weighted by molar-refractivity contribution is -0.00860. The molecule has 37 heavy (non-hydrogen) atoms. The average molecular weight is 501 g/mol. The first kappa shape index (κ1) is 24.6. The molecule has 9 nitrogen and oxygen atoms in total. The fourth-order valence-electron chi connectivity index (χ4n) is 4.41. The fourth-order valence-corrected chi connectivity index (χ4v) is 4.41. The topological polar surface area (TPSA) is 105 Å². The summed E-state index contributed by atoms with van der Waals surface area (Å²) in [7, 11) is 1.85. The number of aliphatic hydroxyl groups excluding tert-OH is 1. The van der Waals surface area contributed by atoms with Gasteiger partial charge in [-0.05, 0) is 48.3 Å². The summed E-state index contributed by atoms with van der Waals surface area (Å²) >= 11 is 0. The van der Waals surface area contributed by atoms with Gasteiger partial charge in [-0.25, -0.2) is 19.3 Å². The van der Waals surface area contributed by atoms with Crippen LogP contribution in [0.2, 0.25) is 0 Å². The first-order valence-electron chi connectivity index (χ1n) is 12.2. The zero-order chi connectivity index (χ0) is 26.2. The number of alkyl halides is 1. The largest absolute Gasteiger partial charge is 0.390 e. The third-order valence-corrected chi connectivity index (χ3v) is 6.50. The third kappa shape index (κ3) is 5.22. The molecule has 0 spiro atoms. The number of anilines is 3. The summed E-state index contributed by atoms with van der Waals surface area (Å²) < 4.78 is 16.4. The zero-order valence-corrected chi connectivity index (χ0v) is 21.3. The smallest absolute Gasteiger partial charge is 0.227 e. The monoisotopic (exact) mass is 500 g/mol. The van der Waals surface area contributed by atoms with Crippen LogP contribution in [0.25, 0.3) is 10.8 Å². The molecule has 0 bridgehead atoms. The van der Waals surface area contributed by atoms with Gasteiger partial charge in [0.15, 0.2) is 5.67 Å². The van der Waals surface area contributed by atoms with E-state index in [2.05, 4.69) is 56.0 Å². The molecule has 2 N–H and O–H groups in total. The molecule has 5 heterocycles. The van der Waals surface area contributed by atoms with Crippen molar-refractivity contribution >= 4 is 28.4 Å². The number of fused-ring (bicyclic) bond motifs is 1. The van der Waals surface area contributed by atoms with Gasteiger partial charge < -0.3 is 15.3 Å². The number of aryl methyl sites for hydroxylation is 1. The minimum atomic E-state index is -1.72. The lowest BCUT2D eigenvalue weighted by Gasteiger charge is -2.38. The van der Waals surface area contributed by atoms with Crippen LogP contribution in [0.1, 0.15) is 49.9 Å². The number of aliphatic hydroxyl groups is 1. The maximum Gasteiger partial charge on any atom is 0.227 e. The lowest BCUT2D eigenvalue weighted by atomic mass is 9.94. The molecule has 0 radical (unpaired) electrons. The van der Waals surface area contributed by atoms with Crippen LogP contribution in [0, 0.1) is 11.8 Å². The van der Waals surface area contributed by atoms with Gasteiger partial charge in [0.1, 0.15) is 17.3 Å². The molecular weight excluding hydrogens is 471 g/mol. The van der Waals surface area contributed by atoms with Gasteiger partial charge in [0.05, 0.1) is 24.4 Å². The predicted molar refractivity (Wildman–Crippen MR) is 140 cm³/mol. The summed E-state index contributed by atoms with van der Waals surface area (Å²) in [5, 5.41) is 19.2. The van der Waals surface area contributed by atoms with E-state index in [0.717, 1.165) is 21.9 Å². The average Bonchev–Trinajstić information content (AvgIpc) is 3.29. The minimum Gasteiger partial charge on any atom is -0.390 e. The molecule has 190 valence electrons. The van der Waals surface area contributed by atoms with Gasteiger partial charge >= 0.3 is 0 Å². The number of rotatable bonds is 4. The molecule has 0 aliphatic carbocycles. The van der Waals surface area contributed by atoms with Gasteiger partial charge in [-0.2, -0.15) is 10.1 Å². The van der Waals surface area contributed by atoms with Crippen molar-refractivity contribution in [1.82, 2.24) is 29.7 Å². The number of piperidine rings is 1. The van der Waals surface area contributed by atoms with Crippen molar-refractivity contribution in [3.8, 4) is 11.8 Å². The molecule has 1 saturated heterocycles. The quantitative estimate of drug-likeness (QED) is 0.409. The van der Waals surface area contributed by atoms with Crippen molar-refractivity contribution in [3.05, 3.63) is 59.9 Å². The summed E-state index contributed by atoms with van der Waals surface area (Å²) in [6.45, 7) is 6.15. The fraction of sp³-hybridized carbons (Fsp3) is 0.370. The van der Waals surface area contributed by atoms with Crippen LogP contribution >= 0.6 is 0 Å². The summed E-state index contributed by atoms with van der Waals surface area (Å²) in [6.07, 6.45) is 8.16. The second-order valence-corrected chi connectivity index (χ2v) is 9.86. The van der Waals surface area contributed by atoms with Crippen LogP contribution in [-0.4, -0.2) is 59.7 Å². The van der Waals surface area contributed by atoms with Gasteiger partial charge in [0.2, 0.25) is 5.95 Å². The van der Waals surface area contributed by atoms with E-state index in [4.69, 9.17) is 0 Å². The zero-order valence-electron chi connectivity index (χ0n) is 21.3. The highest BCUT2D eigenvalue weighted by molar-refractivity contribution is 5.91. The van der Waals surface area contributed by atoms with E-state index >= 15 is 0 Å². The first-order chi connectivity index (χ1) is 17.7. The molecular formula is C27H29FN8O. The van der Waals surface area contributed by atoms with E-state index in [0.29, 0.717) is 36.2 Å². The second kappa shape index (κ2) is 9.75. The molecule has 10 heteroatoms. The molecule has 0 aromatic carbocycles. The van der Waals surface area contributed by atoms with E-state index in [9.17, 15) is 9.50 Å². The number of nitrogens with zero attached hydrogens (tertiary/aromatic N) is 7. The number of pyridine rings is 2. The van der Waals surface area contributed by atoms with E-state index in [1.165, 1.54) is 6.92 Å². The Morgan fingerprint density at radius 1 is 1.14 bits per heavy atom. The standard InChI is InChI=1S/C27H29FN8O/c1-17(2)20-13-30-22(6-5-18-12-32-35(4)15-18)21-14-31-25(11-19(20)21)33-24-7-9-29-26(34-24)36-10-8-23(37)27(3,28)16-36/h7,9,11-15,17,23,37H,8,10,16H2,1-4H3,(H,29,31,33,34)/t23-,27+/m1/s1. The van der Waals surface area contributed by atoms with Crippen molar-refractivity contribution in [3.63, 3.8) is 0 Å². The van der Waals surface area contributed by atoms with Gasteiger partial charge in [0, 0.05) is 43.8 Å². The number of hydrogen-bond acceptors (Lipinski definition) is 8. The van der Waals surface area contributed by atoms with E-state index in [1.54, 1.807) is 34.2 Å². The Balaban J connectivity index is 1.45. The van der Waals surface area contributed by atoms with E-state index in [-0.39, 0.29) is 12.5 Å². The number of halogens is 1. The molecule has 5 rings (SSSR count). The number of nitrogens with one attached hydrogen (secondary N) is 1. The van der Waals surface area contributed by atoms with Crippen LogP contribution in [0.15, 0.2) is 43.1 Å². The Kier molecular flexibility index (Phi) is 6.48. The van der Waals surface area contributed by atoms with Crippen molar-refractivity contribution in [2.75, 3.05) is 23.3 Å². The normalized spacial score (nSPS) is 19.6. The van der Waals surface area contributed by atoms with Crippen LogP contribution in [0.3, 0.4) is 0 Å². The van der Waals surface area contributed by atoms with Crippen molar-refractivity contribution in [2.45, 2.75) is 44.9 Å². The Hall–Kier alpha value is -4.10. The van der Waals surface area contributed by atoms with E-state index in [1.807, 2.05) is 25.5 Å². The van der Waals surface area contributed by atoms with Crippen LogP contribution < -0.4 is 10.2 Å². The molecule has 4 aromatic rings. The summed E-state index contributed by atoms with van der Waals surface area (Å²) in [4.78, 5) is 19.8. The maximum absolute atomic E-state index is 14.7. The van der Waals surface area contributed by atoms with Crippen molar-refractivity contribution in [2.24, 2.45) is 7.05 Å². The highest BCUT2D eigenvalue weighted by Crippen LogP contribution is 2.30. The van der Waals surface area contributed by atoms with Crippen LogP contribution in [0.4, 0.5) is 22.0 Å². The van der Waals surface area contributed by atoms with Crippen molar-refractivity contribution in [1.29, 1.82) is 0 Å². The second-order valence-electron chi connectivity index (χ2n) is 9.86. The molecule has 0 unspecified atom stereocenters. The molecule has 2 atom stereocenters. The predicted octanol–water partition coefficient (Wildman–Crippen LogP) is 3.72. The number of hydrogen-bond donors (Lipinski definition) is 2. The summed E-state index contributed by atoms with van der Waals surface area (Å²) in [6, 6.07) is 3.71. The summed E-state index contributed by atoms with van der Waals surface area (Å²) in [5.41, 5.74) is 0.828. The van der Waals surface area contributed by atoms with Gasteiger partial charge in [-0.1, -0.05) is 19.8 Å². The molecule has 1 fully saturated rings. The van der Waals surface area contributed by atoms with Crippen LogP contribution in [0.5, 0.6) is 0 Å². The SMILES string of the molecule is CC(C)c1cnc(C#Cc2cnn(C)c2)c2cnc(Nc3ccnc(N4CC[C@@H](O)[C@@](C)(F)C4)n3)cc12. The highest BCUT2D eigenvalue weighted by atomic mass is 19.1. The highest BCUT2D eigenvalue weighted by Gasteiger charge is 2.39. The molecule has 0 saturated carbocycles. The number of aromatic nitrogens is 6. The molecule has 1 aliphatic rings. The van der Waals surface area contributed by atoms with E-state index < -0.39 is 11.8 Å². The maximum atomic E-state index is 14.7. The Labute approximate surface area is 214 Å². The molecule has 4 aromatic heterocycles. The van der Waals surface area contributed by atoms with Gasteiger partial charge in [-0.3, -0.25) is 4.68 Å². The summed E-state index contributed by atoms with van der Waals surface area (Å²) in [5.74, 6) is 8.09. The first-order valence-corrected chi connectivity index (χ1v) is 12.2. The minimum absolute atomic E-state index is 0.0272. The van der Waals surface area contributed by atoms with Crippen LogP contribution in [-0.2, 0) is 7.05 Å². The lowest BCUT2D eigenvalue weighted by Crippen LogP contribution is -2.52. The third-order valence-electron chi connectivity index (χ3n) is 6.50.